The van der Waals surface area contributed by atoms with Gasteiger partial charge in [0, 0.05) is 24.7 Å². The maximum absolute atomic E-state index is 13.3. The molecule has 0 saturated carbocycles. The molecule has 32 heavy (non-hydrogen) atoms. The van der Waals surface area contributed by atoms with Crippen LogP contribution in [0.2, 0.25) is 0 Å². The van der Waals surface area contributed by atoms with Crippen LogP contribution >= 0.6 is 11.8 Å². The molecule has 0 aliphatic carbocycles. The van der Waals surface area contributed by atoms with Crippen molar-refractivity contribution in [3.63, 3.8) is 0 Å². The molecule has 1 atom stereocenters. The minimum atomic E-state index is -1.03. The van der Waals surface area contributed by atoms with E-state index in [0.29, 0.717) is 23.9 Å². The zero-order valence-corrected chi connectivity index (χ0v) is 18.8. The average Bonchev–Trinajstić information content (AvgIpc) is 3.34. The molecule has 162 valence electrons. The van der Waals surface area contributed by atoms with Crippen LogP contribution in [0.25, 0.3) is 0 Å². The minimum absolute atomic E-state index is 0.223. The second kappa shape index (κ2) is 7.83. The molecule has 9 heteroatoms. The maximum atomic E-state index is 13.3. The predicted octanol–water partition coefficient (Wildman–Crippen LogP) is 3.74. The van der Waals surface area contributed by atoms with Crippen LogP contribution < -0.4 is 10.2 Å². The van der Waals surface area contributed by atoms with Crippen molar-refractivity contribution in [1.82, 2.24) is 20.2 Å². The number of amides is 2. The monoisotopic (exact) mass is 445 g/mol. The third-order valence-corrected chi connectivity index (χ3v) is 6.53. The van der Waals surface area contributed by atoms with Crippen LogP contribution in [0.3, 0.4) is 0 Å². The lowest BCUT2D eigenvalue weighted by atomic mass is 9.85. The number of thioether (sulfide) groups is 1. The highest BCUT2D eigenvalue weighted by molar-refractivity contribution is 7.98. The summed E-state index contributed by atoms with van der Waals surface area (Å²) in [5, 5.41) is 3.19. The number of rotatable bonds is 5. The van der Waals surface area contributed by atoms with Crippen molar-refractivity contribution in [3.05, 3.63) is 71.7 Å². The van der Waals surface area contributed by atoms with E-state index in [1.165, 1.54) is 11.2 Å². The molecule has 1 unspecified atom stereocenters. The quantitative estimate of drug-likeness (QED) is 0.586. The van der Waals surface area contributed by atoms with Crippen LogP contribution in [0.1, 0.15) is 16.8 Å². The van der Waals surface area contributed by atoms with E-state index in [1.54, 1.807) is 23.0 Å². The van der Waals surface area contributed by atoms with Gasteiger partial charge in [0.15, 0.2) is 17.2 Å². The van der Waals surface area contributed by atoms with Crippen molar-refractivity contribution in [3.8, 4) is 0 Å². The number of hydrogen-bond donors (Lipinski definition) is 2. The summed E-state index contributed by atoms with van der Waals surface area (Å²) >= 11 is 1.69. The van der Waals surface area contributed by atoms with E-state index in [1.807, 2.05) is 61.6 Å². The average molecular weight is 446 g/mol. The first-order valence-electron chi connectivity index (χ1n) is 10.2. The summed E-state index contributed by atoms with van der Waals surface area (Å²) in [5.41, 5.74) is 2.53. The Balaban J connectivity index is 1.61. The lowest BCUT2D eigenvalue weighted by molar-refractivity contribution is 0.225. The summed E-state index contributed by atoms with van der Waals surface area (Å²) < 4.78 is 0. The molecule has 1 saturated heterocycles. The molecule has 2 aromatic carbocycles. The summed E-state index contributed by atoms with van der Waals surface area (Å²) in [7, 11) is 3.99. The Morgan fingerprint density at radius 1 is 1.09 bits per heavy atom. The number of hydrogen-bond acceptors (Lipinski definition) is 6. The van der Waals surface area contributed by atoms with Gasteiger partial charge in [-0.3, -0.25) is 4.90 Å². The Bertz CT molecular complexity index is 1210. The summed E-state index contributed by atoms with van der Waals surface area (Å²) in [6, 6.07) is 16.0. The Morgan fingerprint density at radius 3 is 2.53 bits per heavy atom. The second-order valence-corrected chi connectivity index (χ2v) is 8.73. The minimum Gasteiger partial charge on any atom is -0.378 e. The summed E-state index contributed by atoms with van der Waals surface area (Å²) in [6.07, 6.45) is 5.11. The van der Waals surface area contributed by atoms with Gasteiger partial charge in [-0.2, -0.15) is 0 Å². The number of imidazole rings is 1. The Hall–Kier alpha value is -3.59. The van der Waals surface area contributed by atoms with Crippen LogP contribution in [0.15, 0.2) is 69.7 Å². The third-order valence-electron chi connectivity index (χ3n) is 5.79. The number of anilines is 1. The number of nitrogens with zero attached hydrogens (tertiary/aromatic N) is 5. The topological polar surface area (TPSA) is 89.0 Å². The molecular formula is C23H23N7OS. The standard InChI is InChI=1S/C23H23N7OS/c1-29(2)17-8-6-16(7-9-17)23-19-20(25-13-24-19)26-14-27-21(23)30(22(31)28-23)12-15-4-10-18(32-3)11-5-15/h4-11,13-14H,12H2,1-3H3,(H,24,25)(H,28,31). The van der Waals surface area contributed by atoms with Gasteiger partial charge in [0.25, 0.3) is 0 Å². The van der Waals surface area contributed by atoms with E-state index in [4.69, 9.17) is 0 Å². The van der Waals surface area contributed by atoms with Gasteiger partial charge in [-0.25, -0.2) is 19.8 Å². The fourth-order valence-electron chi connectivity index (χ4n) is 4.12. The van der Waals surface area contributed by atoms with Crippen LogP contribution in [0, 0.1) is 0 Å². The summed E-state index contributed by atoms with van der Waals surface area (Å²) in [6.45, 7) is 0.393. The van der Waals surface area contributed by atoms with E-state index in [0.717, 1.165) is 16.8 Å². The molecule has 1 fully saturated rings. The number of fused-ring (bicyclic) bond motifs is 3. The van der Waals surface area contributed by atoms with Crippen molar-refractivity contribution in [1.29, 1.82) is 0 Å². The highest BCUT2D eigenvalue weighted by Gasteiger charge is 2.54. The van der Waals surface area contributed by atoms with E-state index in [2.05, 4.69) is 37.4 Å². The number of nitrogens with one attached hydrogen (secondary N) is 2. The lowest BCUT2D eigenvalue weighted by Crippen LogP contribution is -2.45. The highest BCUT2D eigenvalue weighted by atomic mass is 32.2. The number of H-pyrrole nitrogens is 1. The van der Waals surface area contributed by atoms with Crippen LogP contribution in [-0.4, -0.2) is 53.4 Å². The van der Waals surface area contributed by atoms with Crippen molar-refractivity contribution < 1.29 is 4.79 Å². The molecule has 2 aliphatic rings. The van der Waals surface area contributed by atoms with Crippen LogP contribution in [0.4, 0.5) is 16.3 Å². The number of benzene rings is 2. The predicted molar refractivity (Wildman–Crippen MR) is 128 cm³/mol. The fourth-order valence-corrected chi connectivity index (χ4v) is 4.53. The number of aromatic amines is 1. The molecule has 2 N–H and O–H groups in total. The van der Waals surface area contributed by atoms with Gasteiger partial charge in [0.05, 0.1) is 12.9 Å². The van der Waals surface area contributed by atoms with Crippen LogP contribution in [0.5, 0.6) is 0 Å². The first-order valence-corrected chi connectivity index (χ1v) is 11.4. The van der Waals surface area contributed by atoms with E-state index >= 15 is 0 Å². The molecule has 2 aliphatic heterocycles. The molecule has 1 aromatic heterocycles. The van der Waals surface area contributed by atoms with Crippen molar-refractivity contribution in [2.45, 2.75) is 17.0 Å². The normalized spacial score (nSPS) is 19.2. The number of carbonyl (C=O) groups is 1. The molecule has 0 spiro atoms. The number of urea groups is 1. The molecule has 5 rings (SSSR count). The lowest BCUT2D eigenvalue weighted by Gasteiger charge is -2.29. The van der Waals surface area contributed by atoms with Crippen molar-refractivity contribution in [2.24, 2.45) is 9.98 Å². The molecule has 3 heterocycles. The van der Waals surface area contributed by atoms with Gasteiger partial charge in [0.1, 0.15) is 12.0 Å². The van der Waals surface area contributed by atoms with Gasteiger partial charge in [-0.05, 0) is 41.6 Å². The van der Waals surface area contributed by atoms with Crippen LogP contribution in [-0.2, 0) is 12.1 Å². The fraction of sp³-hybridized carbons (Fsp3) is 0.217. The zero-order valence-electron chi connectivity index (χ0n) is 18.0. The Labute approximate surface area is 190 Å². The van der Waals surface area contributed by atoms with E-state index in [9.17, 15) is 4.79 Å². The Kier molecular flexibility index (Phi) is 4.97. The number of amidine groups is 1. The summed E-state index contributed by atoms with van der Waals surface area (Å²) in [4.78, 5) is 34.9. The van der Waals surface area contributed by atoms with Crippen molar-refractivity contribution in [2.75, 3.05) is 25.3 Å². The zero-order chi connectivity index (χ0) is 22.3. The molecule has 3 aromatic rings. The number of aliphatic imine (C=N–C) groups is 2. The third kappa shape index (κ3) is 3.16. The van der Waals surface area contributed by atoms with E-state index in [-0.39, 0.29) is 6.03 Å². The van der Waals surface area contributed by atoms with Gasteiger partial charge in [-0.15, -0.1) is 11.8 Å². The SMILES string of the molecule is CSc1ccc(CN2C(=O)NC3(c4ccc(N(C)C)cc4)C2=NC=Nc2[nH]cnc23)cc1. The van der Waals surface area contributed by atoms with Gasteiger partial charge in [-0.1, -0.05) is 24.3 Å². The van der Waals surface area contributed by atoms with Gasteiger partial charge < -0.3 is 15.2 Å². The van der Waals surface area contributed by atoms with Crippen molar-refractivity contribution >= 4 is 41.5 Å². The van der Waals surface area contributed by atoms with E-state index < -0.39 is 5.54 Å². The smallest absolute Gasteiger partial charge is 0.324 e. The maximum Gasteiger partial charge on any atom is 0.324 e. The molecule has 0 radical (unpaired) electrons. The molecular weight excluding hydrogens is 422 g/mol. The molecule has 0 bridgehead atoms. The Morgan fingerprint density at radius 2 is 1.84 bits per heavy atom. The summed E-state index contributed by atoms with van der Waals surface area (Å²) in [5.74, 6) is 1.13. The number of aromatic nitrogens is 2. The number of carbonyl (C=O) groups excluding carboxylic acids is 1. The first-order chi connectivity index (χ1) is 15.5. The molecule has 8 nitrogen and oxygen atoms in total. The van der Waals surface area contributed by atoms with Gasteiger partial charge in [0.2, 0.25) is 0 Å². The highest BCUT2D eigenvalue weighted by Crippen LogP contribution is 2.41. The first kappa shape index (κ1) is 20.3. The largest absolute Gasteiger partial charge is 0.378 e. The second-order valence-electron chi connectivity index (χ2n) is 7.85. The van der Waals surface area contributed by atoms with Gasteiger partial charge >= 0.3 is 6.03 Å². The molecule has 2 amide bonds.